The summed E-state index contributed by atoms with van der Waals surface area (Å²) in [5, 5.41) is 8.85. The van der Waals surface area contributed by atoms with Crippen molar-refractivity contribution in [3.63, 3.8) is 0 Å². The highest BCUT2D eigenvalue weighted by Crippen LogP contribution is 2.36. The number of rotatable bonds is 3. The molecule has 1 aromatic rings. The van der Waals surface area contributed by atoms with Gasteiger partial charge < -0.3 is 5.11 Å². The molecule has 0 aliphatic heterocycles. The lowest BCUT2D eigenvalue weighted by Crippen LogP contribution is -2.38. The number of carbonyl (C=O) groups is 2. The molecule has 0 heterocycles. The molecule has 0 amide bonds. The second-order valence-corrected chi connectivity index (χ2v) is 3.86. The summed E-state index contributed by atoms with van der Waals surface area (Å²) in [6.45, 7) is 0. The molecule has 78 valence electrons. The molecule has 1 saturated carbocycles. The van der Waals surface area contributed by atoms with Crippen molar-refractivity contribution in [2.75, 3.05) is 0 Å². The molecule has 15 heavy (non-hydrogen) atoms. The lowest BCUT2D eigenvalue weighted by Gasteiger charge is -2.31. The molecule has 1 aliphatic rings. The Labute approximate surface area is 87.7 Å². The van der Waals surface area contributed by atoms with Gasteiger partial charge in [-0.1, -0.05) is 30.3 Å². The van der Waals surface area contributed by atoms with Gasteiger partial charge in [-0.2, -0.15) is 0 Å². The summed E-state index contributed by atoms with van der Waals surface area (Å²) < 4.78 is 0. The molecule has 0 saturated heterocycles. The van der Waals surface area contributed by atoms with Crippen LogP contribution in [0.1, 0.15) is 23.2 Å². The molecule has 0 unspecified atom stereocenters. The van der Waals surface area contributed by atoms with Crippen LogP contribution < -0.4 is 0 Å². The van der Waals surface area contributed by atoms with Crippen molar-refractivity contribution in [3.8, 4) is 0 Å². The minimum atomic E-state index is -0.851. The Kier molecular flexibility index (Phi) is 2.54. The van der Waals surface area contributed by atoms with Crippen LogP contribution in [-0.4, -0.2) is 16.9 Å². The molecule has 3 heteroatoms. The van der Waals surface area contributed by atoms with E-state index in [1.165, 1.54) is 0 Å². The van der Waals surface area contributed by atoms with Crippen LogP contribution in [-0.2, 0) is 4.79 Å². The van der Waals surface area contributed by atoms with E-state index in [1.54, 1.807) is 24.3 Å². The Hall–Kier alpha value is -1.64. The number of aliphatic carboxylic acids is 1. The topological polar surface area (TPSA) is 54.4 Å². The van der Waals surface area contributed by atoms with Crippen molar-refractivity contribution in [2.45, 2.75) is 12.8 Å². The highest BCUT2D eigenvalue weighted by Gasteiger charge is 2.41. The SMILES string of the molecule is O=C(c1ccccc1)[C@H]1CC[C@H]1C(=O)O. The molecule has 3 nitrogen and oxygen atoms in total. The molecule has 1 N–H and O–H groups in total. The Bertz CT molecular complexity index is 383. The van der Waals surface area contributed by atoms with Crippen molar-refractivity contribution in [1.29, 1.82) is 0 Å². The smallest absolute Gasteiger partial charge is 0.307 e. The number of hydrogen-bond donors (Lipinski definition) is 1. The standard InChI is InChI=1S/C12H12O3/c13-11(8-4-2-1-3-5-8)9-6-7-10(9)12(14)15/h1-5,9-10H,6-7H2,(H,14,15)/t9-,10+/m0/s1. The van der Waals surface area contributed by atoms with Gasteiger partial charge in [0.05, 0.1) is 5.92 Å². The highest BCUT2D eigenvalue weighted by molar-refractivity contribution is 6.00. The maximum Gasteiger partial charge on any atom is 0.307 e. The molecule has 2 rings (SSSR count). The number of hydrogen-bond acceptors (Lipinski definition) is 2. The zero-order valence-electron chi connectivity index (χ0n) is 8.22. The fourth-order valence-corrected chi connectivity index (χ4v) is 1.93. The highest BCUT2D eigenvalue weighted by atomic mass is 16.4. The average Bonchev–Trinajstić information content (AvgIpc) is 2.16. The summed E-state index contributed by atoms with van der Waals surface area (Å²) in [6.07, 6.45) is 1.32. The fourth-order valence-electron chi connectivity index (χ4n) is 1.93. The number of Topliss-reactive ketones (excluding diaryl/α,β-unsaturated/α-hetero) is 1. The van der Waals surface area contributed by atoms with Gasteiger partial charge in [0.2, 0.25) is 0 Å². The molecule has 0 radical (unpaired) electrons. The van der Waals surface area contributed by atoms with E-state index in [0.29, 0.717) is 18.4 Å². The Morgan fingerprint density at radius 2 is 1.67 bits per heavy atom. The van der Waals surface area contributed by atoms with E-state index in [0.717, 1.165) is 0 Å². The van der Waals surface area contributed by atoms with Crippen molar-refractivity contribution in [1.82, 2.24) is 0 Å². The summed E-state index contributed by atoms with van der Waals surface area (Å²) in [6, 6.07) is 8.90. The van der Waals surface area contributed by atoms with Crippen molar-refractivity contribution in [3.05, 3.63) is 35.9 Å². The lowest BCUT2D eigenvalue weighted by molar-refractivity contribution is -0.146. The zero-order chi connectivity index (χ0) is 10.8. The lowest BCUT2D eigenvalue weighted by atomic mass is 9.70. The second-order valence-electron chi connectivity index (χ2n) is 3.86. The molecule has 0 bridgehead atoms. The quantitative estimate of drug-likeness (QED) is 0.766. The zero-order valence-corrected chi connectivity index (χ0v) is 8.22. The first-order valence-electron chi connectivity index (χ1n) is 5.02. The van der Waals surface area contributed by atoms with E-state index < -0.39 is 11.9 Å². The third-order valence-electron chi connectivity index (χ3n) is 2.99. The second kappa shape index (κ2) is 3.85. The minimum Gasteiger partial charge on any atom is -0.481 e. The number of benzene rings is 1. The van der Waals surface area contributed by atoms with Gasteiger partial charge in [0, 0.05) is 11.5 Å². The van der Waals surface area contributed by atoms with Gasteiger partial charge in [-0.05, 0) is 12.8 Å². The number of carbonyl (C=O) groups excluding carboxylic acids is 1. The maximum atomic E-state index is 11.9. The molecule has 0 spiro atoms. The average molecular weight is 204 g/mol. The summed E-state index contributed by atoms with van der Waals surface area (Å²) in [7, 11) is 0. The largest absolute Gasteiger partial charge is 0.481 e. The van der Waals surface area contributed by atoms with Gasteiger partial charge in [-0.15, -0.1) is 0 Å². The first kappa shape index (κ1) is 9.90. The third-order valence-corrected chi connectivity index (χ3v) is 2.99. The minimum absolute atomic E-state index is 0.0331. The van der Waals surface area contributed by atoms with Crippen LogP contribution in [0.5, 0.6) is 0 Å². The number of carboxylic acids is 1. The van der Waals surface area contributed by atoms with Crippen molar-refractivity contribution in [2.24, 2.45) is 11.8 Å². The van der Waals surface area contributed by atoms with Crippen LogP contribution in [0.15, 0.2) is 30.3 Å². The van der Waals surface area contributed by atoms with Crippen LogP contribution in [0.2, 0.25) is 0 Å². The summed E-state index contributed by atoms with van der Waals surface area (Å²) >= 11 is 0. The van der Waals surface area contributed by atoms with E-state index >= 15 is 0 Å². The molecule has 1 fully saturated rings. The van der Waals surface area contributed by atoms with Gasteiger partial charge in [0.15, 0.2) is 5.78 Å². The maximum absolute atomic E-state index is 11.9. The van der Waals surface area contributed by atoms with E-state index in [9.17, 15) is 9.59 Å². The number of carboxylic acid groups (broad SMARTS) is 1. The van der Waals surface area contributed by atoms with Crippen molar-refractivity contribution >= 4 is 11.8 Å². The van der Waals surface area contributed by atoms with E-state index in [4.69, 9.17) is 5.11 Å². The van der Waals surface area contributed by atoms with E-state index in [2.05, 4.69) is 0 Å². The van der Waals surface area contributed by atoms with Gasteiger partial charge in [0.1, 0.15) is 0 Å². The summed E-state index contributed by atoms with van der Waals surface area (Å²) in [4.78, 5) is 22.7. The molecule has 0 aromatic heterocycles. The normalized spacial score (nSPS) is 24.3. The monoisotopic (exact) mass is 204 g/mol. The summed E-state index contributed by atoms with van der Waals surface area (Å²) in [5.74, 6) is -1.67. The fraction of sp³-hybridized carbons (Fsp3) is 0.333. The molecule has 1 aromatic carbocycles. The first-order valence-corrected chi connectivity index (χ1v) is 5.02. The first-order chi connectivity index (χ1) is 7.20. The van der Waals surface area contributed by atoms with Crippen LogP contribution in [0.4, 0.5) is 0 Å². The Morgan fingerprint density at radius 1 is 1.07 bits per heavy atom. The predicted octanol–water partition coefficient (Wildman–Crippen LogP) is 1.98. The summed E-state index contributed by atoms with van der Waals surface area (Å²) in [5.41, 5.74) is 0.619. The number of ketones is 1. The van der Waals surface area contributed by atoms with E-state index in [1.807, 2.05) is 6.07 Å². The van der Waals surface area contributed by atoms with Gasteiger partial charge in [-0.3, -0.25) is 9.59 Å². The van der Waals surface area contributed by atoms with Crippen molar-refractivity contribution < 1.29 is 14.7 Å². The van der Waals surface area contributed by atoms with Crippen LogP contribution >= 0.6 is 0 Å². The van der Waals surface area contributed by atoms with Crippen LogP contribution in [0.3, 0.4) is 0 Å². The molecular weight excluding hydrogens is 192 g/mol. The van der Waals surface area contributed by atoms with Crippen LogP contribution in [0.25, 0.3) is 0 Å². The Balaban J connectivity index is 2.13. The van der Waals surface area contributed by atoms with Gasteiger partial charge in [-0.25, -0.2) is 0 Å². The third kappa shape index (κ3) is 1.77. The molecular formula is C12H12O3. The van der Waals surface area contributed by atoms with E-state index in [-0.39, 0.29) is 11.7 Å². The molecule has 2 atom stereocenters. The molecule has 1 aliphatic carbocycles. The van der Waals surface area contributed by atoms with Crippen LogP contribution in [0, 0.1) is 11.8 Å². The predicted molar refractivity (Wildman–Crippen MR) is 54.6 cm³/mol. The van der Waals surface area contributed by atoms with Gasteiger partial charge >= 0.3 is 5.97 Å². The van der Waals surface area contributed by atoms with Gasteiger partial charge in [0.25, 0.3) is 0 Å². The Morgan fingerprint density at radius 3 is 2.13 bits per heavy atom.